The van der Waals surface area contributed by atoms with Gasteiger partial charge in [-0.25, -0.2) is 4.98 Å². The molecule has 0 bridgehead atoms. The van der Waals surface area contributed by atoms with Crippen LogP contribution in [0, 0.1) is 6.07 Å². The van der Waals surface area contributed by atoms with E-state index in [0.29, 0.717) is 11.4 Å². The Hall–Kier alpha value is -7.85. The molecule has 1 N–H and O–H groups in total. The minimum absolute atomic E-state index is 0. The summed E-state index contributed by atoms with van der Waals surface area (Å²) in [5.74, 6) is 0.830. The summed E-state index contributed by atoms with van der Waals surface area (Å²) < 4.78 is 4.67. The first kappa shape index (κ1) is 57.9. The second-order valence-electron chi connectivity index (χ2n) is 28.1. The van der Waals surface area contributed by atoms with E-state index in [9.17, 15) is 5.11 Å². The van der Waals surface area contributed by atoms with Gasteiger partial charge < -0.3 is 9.67 Å². The van der Waals surface area contributed by atoms with Crippen molar-refractivity contribution in [3.8, 4) is 73.2 Å². The molecule has 9 aromatic carbocycles. The van der Waals surface area contributed by atoms with E-state index in [1.54, 1.807) is 0 Å². The van der Waals surface area contributed by atoms with Gasteiger partial charge >= 0.3 is 0 Å². The molecular weight excluding hydrogens is 1200 g/mol. The van der Waals surface area contributed by atoms with Crippen molar-refractivity contribution < 1.29 is 26.2 Å². The van der Waals surface area contributed by atoms with Gasteiger partial charge in [-0.05, 0) is 131 Å². The Morgan fingerprint density at radius 2 is 1.04 bits per heavy atom. The van der Waals surface area contributed by atoms with E-state index < -0.39 is 0 Å². The Morgan fingerprint density at radius 1 is 0.417 bits per heavy atom. The number of rotatable bonds is 7. The Labute approximate surface area is 511 Å². The minimum atomic E-state index is -0.215. The van der Waals surface area contributed by atoms with E-state index in [1.165, 1.54) is 49.3 Å². The molecule has 0 aliphatic carbocycles. The fourth-order valence-corrected chi connectivity index (χ4v) is 12.1. The van der Waals surface area contributed by atoms with E-state index in [0.717, 1.165) is 78.1 Å². The summed E-state index contributed by atoms with van der Waals surface area (Å²) in [7, 11) is 0. The monoisotopic (exact) mass is 1280 g/mol. The van der Waals surface area contributed by atoms with Crippen LogP contribution in [-0.4, -0.2) is 24.2 Å². The zero-order valence-electron chi connectivity index (χ0n) is 51.5. The van der Waals surface area contributed by atoms with Gasteiger partial charge in [-0.15, -0.1) is 29.3 Å². The van der Waals surface area contributed by atoms with E-state index in [1.807, 2.05) is 12.3 Å². The molecule has 0 atom stereocenters. The average molecular weight is 1280 g/mol. The maximum Gasteiger partial charge on any atom is 0.148 e. The second kappa shape index (κ2) is 21.0. The van der Waals surface area contributed by atoms with E-state index in [2.05, 4.69) is 295 Å². The van der Waals surface area contributed by atoms with Gasteiger partial charge in [-0.3, -0.25) is 9.55 Å². The number of nitrogens with zero attached hydrogens (tertiary/aromatic N) is 4. The quantitative estimate of drug-likeness (QED) is 0.162. The molecule has 0 fully saturated rings. The van der Waals surface area contributed by atoms with Crippen molar-refractivity contribution in [2.75, 3.05) is 0 Å². The van der Waals surface area contributed by atoms with Crippen LogP contribution < -0.4 is 0 Å². The van der Waals surface area contributed by atoms with E-state index >= 15 is 0 Å². The normalized spacial score (nSPS) is 12.7. The van der Waals surface area contributed by atoms with Crippen LogP contribution in [0.5, 0.6) is 5.75 Å². The number of phenols is 1. The number of benzene rings is 9. The summed E-state index contributed by atoms with van der Waals surface area (Å²) in [6.07, 6.45) is 1.94. The van der Waals surface area contributed by atoms with Crippen LogP contribution in [0.1, 0.15) is 132 Å². The number of fused-ring (bicyclic) bond motifs is 5. The van der Waals surface area contributed by atoms with Crippen LogP contribution >= 0.6 is 0 Å². The molecule has 3 heterocycles. The summed E-state index contributed by atoms with van der Waals surface area (Å²) >= 11 is 0. The number of aromatic nitrogens is 4. The minimum Gasteiger partial charge on any atom is -0.507 e. The van der Waals surface area contributed by atoms with Gasteiger partial charge in [-0.1, -0.05) is 230 Å². The van der Waals surface area contributed by atoms with Crippen LogP contribution in [0.15, 0.2) is 188 Å². The molecule has 0 saturated carbocycles. The number of phenolic OH excluding ortho intramolecular Hbond substituents is 1. The van der Waals surface area contributed by atoms with Crippen LogP contribution in [0.3, 0.4) is 0 Å². The van der Waals surface area contributed by atoms with Gasteiger partial charge in [0, 0.05) is 60.7 Å². The number of hydrogen-bond donors (Lipinski definition) is 1. The second-order valence-corrected chi connectivity index (χ2v) is 28.1. The molecule has 6 heteroatoms. The number of pyridine rings is 1. The molecule has 0 aliphatic heterocycles. The van der Waals surface area contributed by atoms with Gasteiger partial charge in [0.15, 0.2) is 0 Å². The van der Waals surface area contributed by atoms with Gasteiger partial charge in [0.2, 0.25) is 0 Å². The molecule has 0 aliphatic rings. The Balaban J connectivity index is 0.00000736. The summed E-state index contributed by atoms with van der Waals surface area (Å²) in [6.45, 7) is 34.1. The number of imidazole rings is 1. The third-order valence-corrected chi connectivity index (χ3v) is 16.9. The zero-order valence-corrected chi connectivity index (χ0v) is 53.7. The van der Waals surface area contributed by atoms with Crippen molar-refractivity contribution in [1.82, 2.24) is 19.1 Å². The van der Waals surface area contributed by atoms with Crippen molar-refractivity contribution in [1.29, 1.82) is 0 Å². The van der Waals surface area contributed by atoms with Crippen LogP contribution in [0.2, 0.25) is 0 Å². The molecule has 84 heavy (non-hydrogen) atoms. The van der Waals surface area contributed by atoms with Gasteiger partial charge in [-0.2, -0.15) is 0 Å². The molecule has 12 rings (SSSR count). The smallest absolute Gasteiger partial charge is 0.148 e. The fourth-order valence-electron chi connectivity index (χ4n) is 12.1. The predicted molar refractivity (Wildman–Crippen MR) is 352 cm³/mol. The average Bonchev–Trinajstić information content (AvgIpc) is 1.66. The molecule has 0 unspecified atom stereocenters. The largest absolute Gasteiger partial charge is 0.507 e. The van der Waals surface area contributed by atoms with Crippen LogP contribution in [0.25, 0.3) is 111 Å². The molecule has 0 amide bonds. The maximum absolute atomic E-state index is 12.8. The van der Waals surface area contributed by atoms with Gasteiger partial charge in [0.05, 0.1) is 27.6 Å². The van der Waals surface area contributed by atoms with Crippen LogP contribution in [-0.2, 0) is 48.1 Å². The molecule has 12 aromatic rings. The third kappa shape index (κ3) is 10.5. The zero-order chi connectivity index (χ0) is 58.7. The van der Waals surface area contributed by atoms with Crippen LogP contribution in [0.4, 0.5) is 0 Å². The van der Waals surface area contributed by atoms with Crippen molar-refractivity contribution in [3.63, 3.8) is 0 Å². The first-order valence-corrected chi connectivity index (χ1v) is 29.4. The van der Waals surface area contributed by atoms with Gasteiger partial charge in [0.1, 0.15) is 11.6 Å². The number of hydrogen-bond acceptors (Lipinski definition) is 3. The SMILES string of the molecule is CC(C)(C)c1cc(-c2cc(-c3cccc4c5ccccc5n(-c5ccccc5)c34)ccn2)[c-]c(-c2cccc3c2nc(-c2ccc(-c4c(C(C)(C)C)ccc5cc(C(C)(C)C)ccc45)cc2O)n3-c2cc(C(C)(C)C)cc(C(C)(C)C)c2)c1.[Pt]. The Bertz CT molecular complexity index is 4490. The van der Waals surface area contributed by atoms with Crippen molar-refractivity contribution in [2.45, 2.75) is 131 Å². The maximum atomic E-state index is 12.8. The summed E-state index contributed by atoms with van der Waals surface area (Å²) in [4.78, 5) is 10.8. The molecule has 426 valence electrons. The van der Waals surface area contributed by atoms with E-state index in [4.69, 9.17) is 9.97 Å². The summed E-state index contributed by atoms with van der Waals surface area (Å²) in [5.41, 5.74) is 20.2. The van der Waals surface area contributed by atoms with Crippen molar-refractivity contribution in [2.24, 2.45) is 0 Å². The number of aromatic hydroxyl groups is 1. The standard InChI is InChI=1S/C78H77N4O.Pt/c1-74(2,3)53-33-35-59-48(40-53)32-36-65(78(13,14)15)70(59)50-31-34-64(69(83)44-50)73-80-71-60(26-22-30-68(71)82(73)58-46-55(76(7,8)9)45-56(47-58)77(10,11)12)51-39-52(42-54(41-51)75(4,5)6)66-43-49(37-38-79-66)61-27-21-28-63-62-25-19-20-29-67(62)81(72(61)63)57-23-17-16-18-24-57;/h16-38,40-47,83H,1-15H3;/q-1;. The molecule has 0 spiro atoms. The molecular formula is C78H77N4OPt-. The molecule has 5 nitrogen and oxygen atoms in total. The van der Waals surface area contributed by atoms with Crippen molar-refractivity contribution in [3.05, 3.63) is 222 Å². The van der Waals surface area contributed by atoms with Gasteiger partial charge in [0.25, 0.3) is 0 Å². The molecule has 0 saturated heterocycles. The van der Waals surface area contributed by atoms with Crippen molar-refractivity contribution >= 4 is 43.6 Å². The fraction of sp³-hybridized carbons (Fsp3) is 0.256. The topological polar surface area (TPSA) is 55.9 Å². The summed E-state index contributed by atoms with van der Waals surface area (Å²) in [6, 6.07) is 70.0. The predicted octanol–water partition coefficient (Wildman–Crippen LogP) is 21.0. The Morgan fingerprint density at radius 3 is 1.71 bits per heavy atom. The number of para-hydroxylation sites is 4. The first-order valence-electron chi connectivity index (χ1n) is 29.4. The summed E-state index contributed by atoms with van der Waals surface area (Å²) in [5, 5.41) is 17.5. The molecule has 3 aromatic heterocycles. The Kier molecular flexibility index (Phi) is 14.5. The van der Waals surface area contributed by atoms with E-state index in [-0.39, 0.29) is 53.9 Å². The third-order valence-electron chi connectivity index (χ3n) is 16.9. The molecule has 0 radical (unpaired) electrons. The first-order chi connectivity index (χ1) is 39.2.